The van der Waals surface area contributed by atoms with Crippen molar-refractivity contribution in [2.75, 3.05) is 0 Å². The average molecular weight is 378 g/mol. The number of benzene rings is 2. The van der Waals surface area contributed by atoms with Gasteiger partial charge >= 0.3 is 0 Å². The molecule has 0 saturated carbocycles. The Morgan fingerprint density at radius 2 is 1.68 bits per heavy atom. The van der Waals surface area contributed by atoms with E-state index >= 15 is 0 Å². The van der Waals surface area contributed by atoms with Gasteiger partial charge in [0.25, 0.3) is 0 Å². The SMILES string of the molecule is C[n+]1cc(Br)c(-c2ccccc2)c2cc(Br)ccc21. The van der Waals surface area contributed by atoms with Crippen LogP contribution in [0.25, 0.3) is 22.0 Å². The fourth-order valence-corrected chi connectivity index (χ4v) is 3.46. The van der Waals surface area contributed by atoms with Crippen molar-refractivity contribution in [1.82, 2.24) is 0 Å². The van der Waals surface area contributed by atoms with Crippen LogP contribution in [0.2, 0.25) is 0 Å². The summed E-state index contributed by atoms with van der Waals surface area (Å²) >= 11 is 7.26. The first-order valence-electron chi connectivity index (χ1n) is 5.99. The monoisotopic (exact) mass is 376 g/mol. The standard InChI is InChI=1S/C16H12Br2N/c1-19-10-14(18)16(11-5-3-2-4-6-11)13-9-12(17)7-8-15(13)19/h2-10H,1H3/q+1. The highest BCUT2D eigenvalue weighted by Gasteiger charge is 2.16. The zero-order valence-corrected chi connectivity index (χ0v) is 13.6. The largest absolute Gasteiger partial charge is 0.213 e. The van der Waals surface area contributed by atoms with Crippen molar-refractivity contribution in [2.45, 2.75) is 0 Å². The third kappa shape index (κ3) is 2.33. The Hall–Kier alpha value is -1.19. The van der Waals surface area contributed by atoms with Crippen LogP contribution in [0, 0.1) is 0 Å². The Morgan fingerprint density at radius 1 is 0.947 bits per heavy atom. The number of hydrogen-bond donors (Lipinski definition) is 0. The summed E-state index contributed by atoms with van der Waals surface area (Å²) in [6.07, 6.45) is 2.11. The van der Waals surface area contributed by atoms with E-state index in [1.54, 1.807) is 0 Å². The van der Waals surface area contributed by atoms with Crippen molar-refractivity contribution in [3.8, 4) is 11.1 Å². The smallest absolute Gasteiger partial charge is 0.200 e. The first-order valence-corrected chi connectivity index (χ1v) is 7.58. The van der Waals surface area contributed by atoms with Gasteiger partial charge in [-0.15, -0.1) is 0 Å². The summed E-state index contributed by atoms with van der Waals surface area (Å²) in [5, 5.41) is 1.23. The van der Waals surface area contributed by atoms with E-state index in [2.05, 4.69) is 92.1 Å². The lowest BCUT2D eigenvalue weighted by Crippen LogP contribution is -2.28. The zero-order chi connectivity index (χ0) is 13.4. The molecule has 1 nitrogen and oxygen atoms in total. The molecule has 0 spiro atoms. The van der Waals surface area contributed by atoms with Crippen LogP contribution in [0.5, 0.6) is 0 Å². The molecule has 19 heavy (non-hydrogen) atoms. The third-order valence-corrected chi connectivity index (χ3v) is 4.31. The Bertz CT molecular complexity index is 752. The number of rotatable bonds is 1. The molecule has 0 aliphatic rings. The molecule has 3 rings (SSSR count). The zero-order valence-electron chi connectivity index (χ0n) is 10.4. The van der Waals surface area contributed by atoms with Gasteiger partial charge in [0.15, 0.2) is 6.20 Å². The minimum Gasteiger partial charge on any atom is -0.200 e. The molecule has 0 fully saturated rings. The van der Waals surface area contributed by atoms with Crippen molar-refractivity contribution in [2.24, 2.45) is 7.05 Å². The maximum absolute atomic E-state index is 3.69. The molecular weight excluding hydrogens is 366 g/mol. The van der Waals surface area contributed by atoms with Gasteiger partial charge in [-0.2, -0.15) is 4.57 Å². The number of fused-ring (bicyclic) bond motifs is 1. The number of nitrogens with zero attached hydrogens (tertiary/aromatic N) is 1. The summed E-state index contributed by atoms with van der Waals surface area (Å²) in [6, 6.07) is 16.8. The Morgan fingerprint density at radius 3 is 2.42 bits per heavy atom. The van der Waals surface area contributed by atoms with Crippen molar-refractivity contribution >= 4 is 42.8 Å². The topological polar surface area (TPSA) is 3.88 Å². The van der Waals surface area contributed by atoms with E-state index in [0.29, 0.717) is 0 Å². The van der Waals surface area contributed by atoms with Gasteiger partial charge in [-0.1, -0.05) is 46.3 Å². The van der Waals surface area contributed by atoms with Crippen LogP contribution in [0.1, 0.15) is 0 Å². The van der Waals surface area contributed by atoms with Gasteiger partial charge in [-0.3, -0.25) is 0 Å². The molecule has 0 saturated heterocycles. The van der Waals surface area contributed by atoms with E-state index < -0.39 is 0 Å². The maximum Gasteiger partial charge on any atom is 0.213 e. The van der Waals surface area contributed by atoms with Crippen LogP contribution in [0.15, 0.2) is 63.7 Å². The van der Waals surface area contributed by atoms with E-state index in [-0.39, 0.29) is 0 Å². The van der Waals surface area contributed by atoms with Crippen LogP contribution in [-0.4, -0.2) is 0 Å². The summed E-state index contributed by atoms with van der Waals surface area (Å²) in [7, 11) is 2.07. The molecule has 0 N–H and O–H groups in total. The van der Waals surface area contributed by atoms with E-state index in [1.165, 1.54) is 22.0 Å². The normalized spacial score (nSPS) is 10.9. The summed E-state index contributed by atoms with van der Waals surface area (Å²) < 4.78 is 4.33. The number of aryl methyl sites for hydroxylation is 1. The third-order valence-electron chi connectivity index (χ3n) is 3.22. The molecular formula is C16H12Br2N+. The molecule has 0 aliphatic carbocycles. The van der Waals surface area contributed by atoms with Crippen molar-refractivity contribution in [3.63, 3.8) is 0 Å². The minimum absolute atomic E-state index is 1.09. The van der Waals surface area contributed by atoms with Gasteiger partial charge in [0.2, 0.25) is 5.52 Å². The molecule has 0 atom stereocenters. The fraction of sp³-hybridized carbons (Fsp3) is 0.0625. The second kappa shape index (κ2) is 5.06. The highest BCUT2D eigenvalue weighted by Crippen LogP contribution is 2.34. The number of pyridine rings is 1. The summed E-state index contributed by atoms with van der Waals surface area (Å²) in [6.45, 7) is 0. The highest BCUT2D eigenvalue weighted by atomic mass is 79.9. The Balaban J connectivity index is 2.44. The molecule has 2 aromatic carbocycles. The summed E-state index contributed by atoms with van der Waals surface area (Å²) in [5.41, 5.74) is 3.67. The first-order chi connectivity index (χ1) is 9.16. The molecule has 0 unspecified atom stereocenters. The fourth-order valence-electron chi connectivity index (χ4n) is 2.35. The van der Waals surface area contributed by atoms with Gasteiger partial charge in [0.1, 0.15) is 7.05 Å². The summed E-state index contributed by atoms with van der Waals surface area (Å²) in [5.74, 6) is 0. The molecule has 0 bridgehead atoms. The van der Waals surface area contributed by atoms with Gasteiger partial charge in [-0.05, 0) is 33.6 Å². The van der Waals surface area contributed by atoms with Crippen molar-refractivity contribution in [3.05, 3.63) is 63.7 Å². The molecule has 0 radical (unpaired) electrons. The van der Waals surface area contributed by atoms with E-state index in [4.69, 9.17) is 0 Å². The van der Waals surface area contributed by atoms with Crippen LogP contribution < -0.4 is 4.57 Å². The van der Waals surface area contributed by atoms with Gasteiger partial charge in [0.05, 0.1) is 9.86 Å². The van der Waals surface area contributed by atoms with Gasteiger partial charge in [-0.25, -0.2) is 0 Å². The lowest BCUT2D eigenvalue weighted by atomic mass is 10.0. The molecule has 3 heteroatoms. The predicted molar refractivity (Wildman–Crippen MR) is 86.0 cm³/mol. The predicted octanol–water partition coefficient (Wildman–Crippen LogP) is 4.86. The van der Waals surface area contributed by atoms with E-state index in [1.807, 2.05) is 6.07 Å². The Kier molecular flexibility index (Phi) is 3.42. The van der Waals surface area contributed by atoms with Crippen LogP contribution in [0.3, 0.4) is 0 Å². The number of halogens is 2. The number of aromatic nitrogens is 1. The van der Waals surface area contributed by atoms with Gasteiger partial charge in [0, 0.05) is 16.1 Å². The van der Waals surface area contributed by atoms with E-state index in [9.17, 15) is 0 Å². The quantitative estimate of drug-likeness (QED) is 0.533. The van der Waals surface area contributed by atoms with Crippen LogP contribution in [0.4, 0.5) is 0 Å². The average Bonchev–Trinajstić information content (AvgIpc) is 2.39. The maximum atomic E-state index is 3.69. The minimum atomic E-state index is 1.09. The lowest BCUT2D eigenvalue weighted by molar-refractivity contribution is -0.645. The molecule has 3 aromatic rings. The van der Waals surface area contributed by atoms with Crippen LogP contribution in [-0.2, 0) is 7.05 Å². The van der Waals surface area contributed by atoms with E-state index in [0.717, 1.165) is 8.95 Å². The number of hydrogen-bond acceptors (Lipinski definition) is 0. The first kappa shape index (κ1) is 12.8. The molecule has 1 aromatic heterocycles. The lowest BCUT2D eigenvalue weighted by Gasteiger charge is -2.08. The second-order valence-electron chi connectivity index (χ2n) is 4.49. The van der Waals surface area contributed by atoms with Crippen molar-refractivity contribution in [1.29, 1.82) is 0 Å². The molecule has 1 heterocycles. The van der Waals surface area contributed by atoms with Crippen LogP contribution >= 0.6 is 31.9 Å². The van der Waals surface area contributed by atoms with Crippen molar-refractivity contribution < 1.29 is 4.57 Å². The van der Waals surface area contributed by atoms with Gasteiger partial charge < -0.3 is 0 Å². The second-order valence-corrected chi connectivity index (χ2v) is 6.26. The highest BCUT2D eigenvalue weighted by molar-refractivity contribution is 9.10. The molecule has 0 aliphatic heterocycles. The summed E-state index contributed by atoms with van der Waals surface area (Å²) in [4.78, 5) is 0. The Labute approximate surface area is 129 Å². The molecule has 94 valence electrons. The molecule has 0 amide bonds.